The summed E-state index contributed by atoms with van der Waals surface area (Å²) in [5.74, 6) is -0.640. The fourth-order valence-electron chi connectivity index (χ4n) is 11.5. The van der Waals surface area contributed by atoms with Crippen LogP contribution in [0.15, 0.2) is 0 Å². The minimum absolute atomic E-state index is 0.105. The van der Waals surface area contributed by atoms with Crippen molar-refractivity contribution in [1.82, 2.24) is 0 Å². The van der Waals surface area contributed by atoms with Gasteiger partial charge >= 0.3 is 39.5 Å². The number of rotatable bonds is 74. The quantitative estimate of drug-likeness (QED) is 0.0222. The van der Waals surface area contributed by atoms with Crippen molar-refractivity contribution in [2.45, 2.75) is 407 Å². The Morgan fingerprint density at radius 2 is 0.489 bits per heavy atom. The summed E-state index contributed by atoms with van der Waals surface area (Å²) in [4.78, 5) is 72.7. The number of hydrogen-bond donors (Lipinski definition) is 3. The van der Waals surface area contributed by atoms with Crippen molar-refractivity contribution in [3.8, 4) is 0 Å². The lowest BCUT2D eigenvalue weighted by atomic mass is 10.0. The molecule has 0 bridgehead atoms. The van der Waals surface area contributed by atoms with Crippen molar-refractivity contribution in [3.63, 3.8) is 0 Å². The van der Waals surface area contributed by atoms with E-state index in [0.717, 1.165) is 102 Å². The number of unbranched alkanes of at least 4 members (excludes halogenated alkanes) is 44. The predicted octanol–water partition coefficient (Wildman–Crippen LogP) is 21.9. The van der Waals surface area contributed by atoms with Gasteiger partial charge in [-0.05, 0) is 37.5 Å². The number of carbonyl (C=O) groups excluding carboxylic acids is 4. The summed E-state index contributed by atoms with van der Waals surface area (Å²) in [6, 6.07) is 0. The average molecular weight is 1380 g/mol. The molecule has 0 aromatic carbocycles. The van der Waals surface area contributed by atoms with Gasteiger partial charge in [0.15, 0.2) is 12.2 Å². The highest BCUT2D eigenvalue weighted by Gasteiger charge is 2.30. The minimum Gasteiger partial charge on any atom is -0.462 e. The molecule has 0 saturated carbocycles. The van der Waals surface area contributed by atoms with E-state index in [-0.39, 0.29) is 25.7 Å². The third kappa shape index (κ3) is 68.6. The van der Waals surface area contributed by atoms with Crippen LogP contribution in [-0.4, -0.2) is 96.7 Å². The van der Waals surface area contributed by atoms with Crippen LogP contribution in [-0.2, 0) is 65.4 Å². The normalized spacial score (nSPS) is 14.0. The summed E-state index contributed by atoms with van der Waals surface area (Å²) in [6.07, 6.45) is 54.3. The van der Waals surface area contributed by atoms with Crippen LogP contribution in [0.4, 0.5) is 0 Å². The lowest BCUT2D eigenvalue weighted by Gasteiger charge is -2.21. The molecule has 0 aromatic heterocycles. The Morgan fingerprint density at radius 1 is 0.287 bits per heavy atom. The fourth-order valence-corrected chi connectivity index (χ4v) is 13.1. The number of phosphoric ester groups is 2. The fraction of sp³-hybridized carbons (Fsp3) is 0.947. The molecule has 0 aromatic rings. The first-order valence-corrected chi connectivity index (χ1v) is 42.0. The molecule has 0 heterocycles. The third-order valence-electron chi connectivity index (χ3n) is 17.5. The Kier molecular flexibility index (Phi) is 65.5. The van der Waals surface area contributed by atoms with E-state index in [9.17, 15) is 43.2 Å². The maximum absolute atomic E-state index is 13.1. The Labute approximate surface area is 575 Å². The van der Waals surface area contributed by atoms with Crippen LogP contribution in [0.5, 0.6) is 0 Å². The summed E-state index contributed by atoms with van der Waals surface area (Å²) in [6.45, 7) is 9.52. The second-order valence-corrected chi connectivity index (χ2v) is 30.9. The lowest BCUT2D eigenvalue weighted by molar-refractivity contribution is -0.161. The maximum atomic E-state index is 13.1. The van der Waals surface area contributed by atoms with E-state index in [4.69, 9.17) is 37.0 Å². The van der Waals surface area contributed by atoms with Gasteiger partial charge in [-0.2, -0.15) is 0 Å². The highest BCUT2D eigenvalue weighted by Crippen LogP contribution is 2.45. The molecule has 3 N–H and O–H groups in total. The standard InChI is InChI=1S/C75H146O17P2/c1-7-9-11-13-15-17-18-19-20-21-22-23-24-25-26-27-28-34-41-47-53-59-74(79)91-71(64-86-73(78)58-52-46-40-35-29-32-37-43-49-55-67(3)4)66-90-94(83,84)88-62-69(76)61-87-93(81,82)89-65-70(63-85-72(77)57-51-45-39-31-16-14-12-10-8-2)92-75(80)60-54-48-42-36-30-33-38-44-50-56-68(5)6/h67-71,76H,7-66H2,1-6H3,(H,81,82)(H,83,84)/t69-,70+,71+/m0/s1. The van der Waals surface area contributed by atoms with Crippen LogP contribution < -0.4 is 0 Å². The van der Waals surface area contributed by atoms with Crippen molar-refractivity contribution in [2.75, 3.05) is 39.6 Å². The van der Waals surface area contributed by atoms with E-state index in [2.05, 4.69) is 41.5 Å². The van der Waals surface area contributed by atoms with Crippen LogP contribution in [0, 0.1) is 11.8 Å². The summed E-state index contributed by atoms with van der Waals surface area (Å²) in [5.41, 5.74) is 0. The number of hydrogen-bond acceptors (Lipinski definition) is 15. The van der Waals surface area contributed by atoms with Gasteiger partial charge in [0, 0.05) is 25.7 Å². The van der Waals surface area contributed by atoms with Gasteiger partial charge in [0.2, 0.25) is 0 Å². The molecule has 17 nitrogen and oxygen atoms in total. The van der Waals surface area contributed by atoms with Crippen molar-refractivity contribution in [3.05, 3.63) is 0 Å². The van der Waals surface area contributed by atoms with Gasteiger partial charge in [0.25, 0.3) is 0 Å². The van der Waals surface area contributed by atoms with Gasteiger partial charge < -0.3 is 33.8 Å². The highest BCUT2D eigenvalue weighted by molar-refractivity contribution is 7.47. The SMILES string of the molecule is CCCCCCCCCCCCCCCCCCCCCCCC(=O)O[C@H](COC(=O)CCCCCCCCCCCC(C)C)COP(=O)(O)OC[C@@H](O)COP(=O)(O)OC[C@@H](COC(=O)CCCCCCCCCCC)OC(=O)CCCCCCCCCCCC(C)C. The second-order valence-electron chi connectivity index (χ2n) is 28.0. The molecule has 0 saturated heterocycles. The molecule has 94 heavy (non-hydrogen) atoms. The van der Waals surface area contributed by atoms with Crippen molar-refractivity contribution < 1.29 is 80.2 Å². The molecule has 558 valence electrons. The molecule has 0 spiro atoms. The molecule has 5 atom stereocenters. The zero-order valence-corrected chi connectivity index (χ0v) is 63.1. The second kappa shape index (κ2) is 66.9. The Hall–Kier alpha value is -1.94. The molecular weight excluding hydrogens is 1230 g/mol. The van der Waals surface area contributed by atoms with Gasteiger partial charge in [0.05, 0.1) is 26.4 Å². The van der Waals surface area contributed by atoms with Gasteiger partial charge in [-0.1, -0.05) is 337 Å². The first kappa shape index (κ1) is 92.1. The zero-order valence-electron chi connectivity index (χ0n) is 61.3. The number of aliphatic hydroxyl groups is 1. The first-order valence-electron chi connectivity index (χ1n) is 39.0. The smallest absolute Gasteiger partial charge is 0.462 e. The molecule has 0 aliphatic heterocycles. The Balaban J connectivity index is 5.18. The topological polar surface area (TPSA) is 237 Å². The molecule has 0 amide bonds. The average Bonchev–Trinajstić information content (AvgIpc) is 2.24. The lowest BCUT2D eigenvalue weighted by Crippen LogP contribution is -2.30. The molecular formula is C75H146O17P2. The maximum Gasteiger partial charge on any atom is 0.472 e. The van der Waals surface area contributed by atoms with E-state index < -0.39 is 97.5 Å². The van der Waals surface area contributed by atoms with Crippen LogP contribution >= 0.6 is 15.6 Å². The van der Waals surface area contributed by atoms with Crippen LogP contribution in [0.3, 0.4) is 0 Å². The van der Waals surface area contributed by atoms with Crippen LogP contribution in [0.2, 0.25) is 0 Å². The molecule has 2 unspecified atom stereocenters. The van der Waals surface area contributed by atoms with Crippen LogP contribution in [0.25, 0.3) is 0 Å². The van der Waals surface area contributed by atoms with Gasteiger partial charge in [-0.3, -0.25) is 37.3 Å². The molecule has 19 heteroatoms. The number of ether oxygens (including phenoxy) is 4. The van der Waals surface area contributed by atoms with Gasteiger partial charge in [-0.25, -0.2) is 9.13 Å². The summed E-state index contributed by atoms with van der Waals surface area (Å²) >= 11 is 0. The zero-order chi connectivity index (χ0) is 69.3. The van der Waals surface area contributed by atoms with Gasteiger partial charge in [-0.15, -0.1) is 0 Å². The molecule has 0 radical (unpaired) electrons. The first-order chi connectivity index (χ1) is 45.4. The number of phosphoric acid groups is 2. The number of carbonyl (C=O) groups is 4. The monoisotopic (exact) mass is 1380 g/mol. The minimum atomic E-state index is -4.96. The Bertz CT molecular complexity index is 1820. The van der Waals surface area contributed by atoms with E-state index in [1.165, 1.54) is 205 Å². The third-order valence-corrected chi connectivity index (χ3v) is 19.4. The Morgan fingerprint density at radius 3 is 0.723 bits per heavy atom. The van der Waals surface area contributed by atoms with Crippen LogP contribution in [0.1, 0.15) is 388 Å². The van der Waals surface area contributed by atoms with Crippen molar-refractivity contribution in [2.24, 2.45) is 11.8 Å². The largest absolute Gasteiger partial charge is 0.472 e. The van der Waals surface area contributed by atoms with E-state index in [0.29, 0.717) is 25.7 Å². The van der Waals surface area contributed by atoms with E-state index >= 15 is 0 Å². The van der Waals surface area contributed by atoms with E-state index in [1.54, 1.807) is 0 Å². The number of aliphatic hydroxyl groups excluding tert-OH is 1. The summed E-state index contributed by atoms with van der Waals surface area (Å²) < 4.78 is 68.4. The molecule has 0 aliphatic carbocycles. The van der Waals surface area contributed by atoms with Crippen molar-refractivity contribution in [1.29, 1.82) is 0 Å². The predicted molar refractivity (Wildman–Crippen MR) is 381 cm³/mol. The molecule has 0 fully saturated rings. The van der Waals surface area contributed by atoms with Gasteiger partial charge in [0.1, 0.15) is 19.3 Å². The van der Waals surface area contributed by atoms with Crippen molar-refractivity contribution >= 4 is 39.5 Å². The number of esters is 4. The molecule has 0 rings (SSSR count). The highest BCUT2D eigenvalue weighted by atomic mass is 31.2. The summed E-state index contributed by atoms with van der Waals surface area (Å²) in [7, 11) is -9.91. The molecule has 0 aliphatic rings. The van der Waals surface area contributed by atoms with E-state index in [1.807, 2.05) is 0 Å². The summed E-state index contributed by atoms with van der Waals surface area (Å²) in [5, 5.41) is 10.6.